The number of thiazole rings is 2. The lowest BCUT2D eigenvalue weighted by atomic mass is 10.1. The van der Waals surface area contributed by atoms with Crippen molar-refractivity contribution in [1.82, 2.24) is 18.5 Å². The predicted molar refractivity (Wildman–Crippen MR) is 183 cm³/mol. The molecule has 2 unspecified atom stereocenters. The van der Waals surface area contributed by atoms with E-state index in [1.807, 2.05) is 0 Å². The van der Waals surface area contributed by atoms with Crippen LogP contribution in [0.2, 0.25) is 0 Å². The average Bonchev–Trinajstić information content (AvgIpc) is 3.71. The highest BCUT2D eigenvalue weighted by atomic mass is 32.2. The van der Waals surface area contributed by atoms with E-state index in [-0.39, 0.29) is 44.9 Å². The van der Waals surface area contributed by atoms with Crippen LogP contribution >= 0.6 is 58.4 Å². The van der Waals surface area contributed by atoms with Gasteiger partial charge in [0.15, 0.2) is 26.2 Å². The van der Waals surface area contributed by atoms with Crippen molar-refractivity contribution >= 4 is 113 Å². The van der Waals surface area contributed by atoms with Crippen LogP contribution in [0.1, 0.15) is 19.8 Å². The molecule has 0 saturated carbocycles. The second-order valence-corrected chi connectivity index (χ2v) is 17.5. The van der Waals surface area contributed by atoms with Crippen molar-refractivity contribution in [2.24, 2.45) is 0 Å². The molecule has 2 fully saturated rings. The molecule has 0 bridgehead atoms. The summed E-state index contributed by atoms with van der Waals surface area (Å²) in [5, 5.41) is 33.9. The van der Waals surface area contributed by atoms with Gasteiger partial charge in [-0.15, -0.1) is 22.7 Å². The van der Waals surface area contributed by atoms with Gasteiger partial charge in [0.05, 0.1) is 59.9 Å². The van der Waals surface area contributed by atoms with Crippen LogP contribution < -0.4 is 40.1 Å². The maximum atomic E-state index is 14.0. The highest BCUT2D eigenvalue weighted by molar-refractivity contribution is 8.30. The highest BCUT2D eigenvalue weighted by Gasteiger charge is 2.59. The fourth-order valence-corrected chi connectivity index (χ4v) is 12.6. The first kappa shape index (κ1) is 36.9. The molecule has 22 heteroatoms. The molecule has 3 aromatic rings. The number of benzene rings is 1. The van der Waals surface area contributed by atoms with Crippen LogP contribution in [0.5, 0.6) is 0 Å². The number of hydrogen-bond donors (Lipinski definition) is 0. The standard InChI is InChI=1S/C29H24N4O12S6/c1-2-13(9-16-33(8-7-17(33)51(43,44)45)14-5-3-4-6-15(14)47-16)21-24(40)30(10-18(34)35)27(48-21)22-25(41)31(11-19(36)37)28(49-22)23-26(42)32(12-20(38)39)29(46)50-23/h3-6,9,17H,2,7-8,10-12H2,1H3,(H3-,34,35,36,37,38,39,43,44,45)/p-3/b16-9?,21-13?,27-22+,28-23+. The Kier molecular flexibility index (Phi) is 9.82. The van der Waals surface area contributed by atoms with Gasteiger partial charge in [-0.05, 0) is 29.8 Å². The Balaban J connectivity index is 1.67. The van der Waals surface area contributed by atoms with Crippen LogP contribution in [0.25, 0.3) is 10.5 Å². The van der Waals surface area contributed by atoms with Gasteiger partial charge in [-0.25, -0.2) is 12.9 Å². The zero-order chi connectivity index (χ0) is 37.2. The fourth-order valence-electron chi connectivity index (χ4n) is 6.03. The molecule has 268 valence electrons. The van der Waals surface area contributed by atoms with Crippen molar-refractivity contribution in [3.63, 3.8) is 0 Å². The quantitative estimate of drug-likeness (QED) is 0.115. The second-order valence-electron chi connectivity index (χ2n) is 11.2. The number of carbonyl (C=O) groups is 4. The van der Waals surface area contributed by atoms with Crippen molar-refractivity contribution in [1.29, 1.82) is 0 Å². The van der Waals surface area contributed by atoms with E-state index in [4.69, 9.17) is 12.2 Å². The molecule has 2 aromatic heterocycles. The SMILES string of the molecule is CCC(C=C1Sc2ccccc2[N+]12CCC2S(=O)(=O)[O-])=c1s/c(=c2/s/c(=C3/SC(=S)N(CC(=O)[O-])C3=O)n(CC(=O)[O-])c2=O)n(CC(=O)[O-])c1=O. The van der Waals surface area contributed by atoms with Crippen LogP contribution in [0.3, 0.4) is 0 Å². The molecule has 5 heterocycles. The van der Waals surface area contributed by atoms with Gasteiger partial charge in [-0.3, -0.25) is 28.4 Å². The van der Waals surface area contributed by atoms with Gasteiger partial charge in [0.25, 0.3) is 17.0 Å². The Bertz CT molecular complexity index is 2590. The summed E-state index contributed by atoms with van der Waals surface area (Å²) in [7, 11) is -4.77. The Morgan fingerprint density at radius 2 is 1.57 bits per heavy atom. The van der Waals surface area contributed by atoms with E-state index >= 15 is 0 Å². The number of allylic oxidation sites excluding steroid dienone is 1. The number of hydrogen-bond acceptors (Lipinski definition) is 17. The first-order valence-corrected chi connectivity index (χ1v) is 19.8. The monoisotopic (exact) mass is 809 g/mol. The number of quaternary nitrogens is 1. The first-order valence-electron chi connectivity index (χ1n) is 14.7. The van der Waals surface area contributed by atoms with Crippen LogP contribution in [-0.4, -0.2) is 73.6 Å². The number of carbonyl (C=O) groups excluding carboxylic acids is 4. The number of para-hydroxylation sites is 1. The molecule has 3 aliphatic heterocycles. The molecule has 0 radical (unpaired) electrons. The third-order valence-electron chi connectivity index (χ3n) is 8.29. The Morgan fingerprint density at radius 3 is 2.14 bits per heavy atom. The van der Waals surface area contributed by atoms with Crippen molar-refractivity contribution in [2.45, 2.75) is 43.1 Å². The van der Waals surface area contributed by atoms with Crippen molar-refractivity contribution in [3.8, 4) is 0 Å². The molecule has 1 aromatic carbocycles. The Labute approximate surface area is 307 Å². The molecule has 2 saturated heterocycles. The van der Waals surface area contributed by atoms with Gasteiger partial charge >= 0.3 is 0 Å². The van der Waals surface area contributed by atoms with E-state index in [2.05, 4.69) is 0 Å². The minimum atomic E-state index is -4.77. The van der Waals surface area contributed by atoms with Gasteiger partial charge in [0.2, 0.25) is 0 Å². The molecular weight excluding hydrogens is 789 g/mol. The van der Waals surface area contributed by atoms with E-state index in [1.165, 1.54) is 11.8 Å². The second kappa shape index (κ2) is 13.6. The van der Waals surface area contributed by atoms with Crippen molar-refractivity contribution < 1.29 is 47.5 Å². The number of thiocarbonyl (C=S) groups is 1. The van der Waals surface area contributed by atoms with Gasteiger partial charge in [0, 0.05) is 12.1 Å². The zero-order valence-corrected chi connectivity index (χ0v) is 30.7. The summed E-state index contributed by atoms with van der Waals surface area (Å²) in [4.78, 5) is 76.8. The summed E-state index contributed by atoms with van der Waals surface area (Å²) in [5.74, 6) is -6.00. The smallest absolute Gasteiger partial charge is 0.272 e. The number of carboxylic acid groups (broad SMARTS) is 3. The number of carboxylic acids is 3. The average molecular weight is 810 g/mol. The number of rotatable bonds is 9. The Hall–Kier alpha value is -3.90. The van der Waals surface area contributed by atoms with E-state index in [0.29, 0.717) is 71.6 Å². The van der Waals surface area contributed by atoms with Crippen molar-refractivity contribution in [3.05, 3.63) is 74.5 Å². The summed E-state index contributed by atoms with van der Waals surface area (Å²) >= 11 is 8.23. The van der Waals surface area contributed by atoms with Gasteiger partial charge in [-0.1, -0.05) is 43.0 Å². The van der Waals surface area contributed by atoms with Crippen molar-refractivity contribution in [2.75, 3.05) is 13.1 Å². The maximum Gasteiger partial charge on any atom is 0.272 e. The number of nitrogens with zero attached hydrogens (tertiary/aromatic N) is 4. The van der Waals surface area contributed by atoms with E-state index in [9.17, 15) is 57.1 Å². The molecule has 3 aliphatic rings. The maximum absolute atomic E-state index is 14.0. The molecule has 16 nitrogen and oxygen atoms in total. The summed E-state index contributed by atoms with van der Waals surface area (Å²) < 4.78 is 37.3. The fraction of sp³-hybridized carbons (Fsp3) is 0.276. The summed E-state index contributed by atoms with van der Waals surface area (Å²) in [5.41, 5.74) is -0.931. The molecule has 2 atom stereocenters. The van der Waals surface area contributed by atoms with E-state index in [0.717, 1.165) is 4.57 Å². The number of amides is 1. The van der Waals surface area contributed by atoms with Gasteiger partial charge in [0.1, 0.15) is 23.1 Å². The van der Waals surface area contributed by atoms with Crippen LogP contribution in [0.4, 0.5) is 5.69 Å². The van der Waals surface area contributed by atoms with Gasteiger partial charge < -0.3 is 34.3 Å². The lowest BCUT2D eigenvalue weighted by Crippen LogP contribution is -2.66. The lowest BCUT2D eigenvalue weighted by Gasteiger charge is -2.49. The normalized spacial score (nSPS) is 23.1. The molecule has 0 N–H and O–H groups in total. The third-order valence-corrected chi connectivity index (χ3v) is 14.9. The molecule has 1 amide bonds. The third kappa shape index (κ3) is 6.32. The number of aromatic nitrogens is 2. The zero-order valence-electron chi connectivity index (χ0n) is 25.8. The minimum absolute atomic E-state index is 0.0286. The summed E-state index contributed by atoms with van der Waals surface area (Å²) in [6.45, 7) is -1.00. The number of thioether (sulfide) groups is 2. The topological polar surface area (TPSA) is 242 Å². The first-order chi connectivity index (χ1) is 24.0. The Morgan fingerprint density at radius 1 is 0.941 bits per heavy atom. The highest BCUT2D eigenvalue weighted by Crippen LogP contribution is 2.57. The number of fused-ring (bicyclic) bond motifs is 2. The predicted octanol–water partition coefficient (Wildman–Crippen LogP) is -3.57. The lowest BCUT2D eigenvalue weighted by molar-refractivity contribution is -0.307. The minimum Gasteiger partial charge on any atom is -0.743 e. The largest absolute Gasteiger partial charge is 0.743 e. The van der Waals surface area contributed by atoms with Crippen LogP contribution in [0, 0.1) is 9.20 Å². The summed E-state index contributed by atoms with van der Waals surface area (Å²) in [6.07, 6.45) is 1.86. The van der Waals surface area contributed by atoms with Crippen LogP contribution in [-0.2, 0) is 42.4 Å². The van der Waals surface area contributed by atoms with E-state index in [1.54, 1.807) is 37.3 Å². The molecule has 6 rings (SSSR count). The molecule has 1 spiro atoms. The van der Waals surface area contributed by atoms with Crippen LogP contribution in [0.15, 0.2) is 49.9 Å². The molecular formula is C29H21N4O12S6-3. The number of aliphatic carboxylic acids is 3. The van der Waals surface area contributed by atoms with E-state index < -0.39 is 70.1 Å². The molecule has 51 heavy (non-hydrogen) atoms. The van der Waals surface area contributed by atoms with Gasteiger partial charge in [-0.2, -0.15) is 0 Å². The molecule has 0 aliphatic carbocycles. The summed E-state index contributed by atoms with van der Waals surface area (Å²) in [6, 6.07) is 6.98.